The third-order valence-corrected chi connectivity index (χ3v) is 2.85. The lowest BCUT2D eigenvalue weighted by Crippen LogP contribution is -2.21. The van der Waals surface area contributed by atoms with Crippen molar-refractivity contribution in [2.24, 2.45) is 0 Å². The lowest BCUT2D eigenvalue weighted by molar-refractivity contribution is 0.110. The summed E-state index contributed by atoms with van der Waals surface area (Å²) in [5.41, 5.74) is 2.15. The van der Waals surface area contributed by atoms with Gasteiger partial charge in [0.05, 0.1) is 25.5 Å². The van der Waals surface area contributed by atoms with Crippen LogP contribution in [0.3, 0.4) is 0 Å². The maximum atomic E-state index is 5.63. The zero-order chi connectivity index (χ0) is 14.2. The van der Waals surface area contributed by atoms with Crippen LogP contribution in [0.15, 0.2) is 36.5 Å². The van der Waals surface area contributed by atoms with Crippen molar-refractivity contribution in [3.8, 4) is 0 Å². The second kappa shape index (κ2) is 7.77. The van der Waals surface area contributed by atoms with Crippen LogP contribution >= 0.6 is 0 Å². The Morgan fingerprint density at radius 2 is 2.05 bits per heavy atom. The van der Waals surface area contributed by atoms with Gasteiger partial charge in [-0.05, 0) is 5.56 Å². The first kappa shape index (κ1) is 14.7. The van der Waals surface area contributed by atoms with Gasteiger partial charge >= 0.3 is 0 Å². The standard InChI is InChI=1S/C15H22N4O/c1-13(2)16-10-15-11-19(18-17-15)8-9-20-12-14-6-4-3-5-7-14/h3-7,11,13,16H,8-10,12H2,1-2H3. The molecule has 0 radical (unpaired) electrons. The smallest absolute Gasteiger partial charge is 0.0964 e. The molecule has 1 aromatic heterocycles. The first-order valence-corrected chi connectivity index (χ1v) is 6.98. The predicted molar refractivity (Wildman–Crippen MR) is 78.1 cm³/mol. The molecule has 0 unspecified atom stereocenters. The number of hydrogen-bond acceptors (Lipinski definition) is 4. The minimum Gasteiger partial charge on any atom is -0.375 e. The lowest BCUT2D eigenvalue weighted by atomic mass is 10.2. The van der Waals surface area contributed by atoms with E-state index >= 15 is 0 Å². The molecule has 108 valence electrons. The molecule has 1 N–H and O–H groups in total. The second-order valence-corrected chi connectivity index (χ2v) is 5.05. The Hall–Kier alpha value is -1.72. The fourth-order valence-corrected chi connectivity index (χ4v) is 1.76. The van der Waals surface area contributed by atoms with Crippen LogP contribution in [0.4, 0.5) is 0 Å². The van der Waals surface area contributed by atoms with Gasteiger partial charge in [-0.1, -0.05) is 49.4 Å². The van der Waals surface area contributed by atoms with E-state index in [1.54, 1.807) is 0 Å². The SMILES string of the molecule is CC(C)NCc1cn(CCOCc2ccccc2)nn1. The van der Waals surface area contributed by atoms with Crippen molar-refractivity contribution in [1.29, 1.82) is 0 Å². The molecule has 0 fully saturated rings. The summed E-state index contributed by atoms with van der Waals surface area (Å²) >= 11 is 0. The lowest BCUT2D eigenvalue weighted by Gasteiger charge is -2.05. The van der Waals surface area contributed by atoms with Crippen molar-refractivity contribution in [1.82, 2.24) is 20.3 Å². The molecular weight excluding hydrogens is 252 g/mol. The molecule has 2 rings (SSSR count). The Bertz CT molecular complexity index is 496. The van der Waals surface area contributed by atoms with Gasteiger partial charge in [-0.25, -0.2) is 4.68 Å². The molecule has 0 aliphatic rings. The molecule has 0 saturated heterocycles. The summed E-state index contributed by atoms with van der Waals surface area (Å²) in [5.74, 6) is 0. The maximum Gasteiger partial charge on any atom is 0.0964 e. The molecule has 2 aromatic rings. The summed E-state index contributed by atoms with van der Waals surface area (Å²) in [4.78, 5) is 0. The molecule has 0 aliphatic heterocycles. The van der Waals surface area contributed by atoms with Gasteiger partial charge in [-0.3, -0.25) is 0 Å². The minimum atomic E-state index is 0.453. The topological polar surface area (TPSA) is 52.0 Å². The number of aromatic nitrogens is 3. The number of nitrogens with one attached hydrogen (secondary N) is 1. The molecule has 0 spiro atoms. The zero-order valence-corrected chi connectivity index (χ0v) is 12.1. The monoisotopic (exact) mass is 274 g/mol. The van der Waals surface area contributed by atoms with E-state index in [1.165, 1.54) is 5.56 Å². The van der Waals surface area contributed by atoms with Gasteiger partial charge in [0.25, 0.3) is 0 Å². The summed E-state index contributed by atoms with van der Waals surface area (Å²) in [6, 6.07) is 10.6. The van der Waals surface area contributed by atoms with Crippen LogP contribution in [0, 0.1) is 0 Å². The van der Waals surface area contributed by atoms with Gasteiger partial charge in [0.1, 0.15) is 0 Å². The highest BCUT2D eigenvalue weighted by Gasteiger charge is 2.01. The molecule has 5 nitrogen and oxygen atoms in total. The Labute approximate surface area is 120 Å². The molecule has 0 aliphatic carbocycles. The van der Waals surface area contributed by atoms with Crippen LogP contribution in [0.2, 0.25) is 0 Å². The van der Waals surface area contributed by atoms with Crippen LogP contribution in [0.1, 0.15) is 25.1 Å². The third-order valence-electron chi connectivity index (χ3n) is 2.85. The van der Waals surface area contributed by atoms with E-state index in [0.717, 1.165) is 18.8 Å². The normalized spacial score (nSPS) is 11.2. The Morgan fingerprint density at radius 1 is 1.25 bits per heavy atom. The van der Waals surface area contributed by atoms with Crippen LogP contribution < -0.4 is 5.32 Å². The Kier molecular flexibility index (Phi) is 5.70. The van der Waals surface area contributed by atoms with Crippen molar-refractivity contribution >= 4 is 0 Å². The fourth-order valence-electron chi connectivity index (χ4n) is 1.76. The highest BCUT2D eigenvalue weighted by Crippen LogP contribution is 2.00. The van der Waals surface area contributed by atoms with Gasteiger partial charge in [0.15, 0.2) is 0 Å². The average Bonchev–Trinajstić information content (AvgIpc) is 2.90. The summed E-state index contributed by atoms with van der Waals surface area (Å²) in [6.07, 6.45) is 1.96. The summed E-state index contributed by atoms with van der Waals surface area (Å²) in [6.45, 7) is 6.97. The van der Waals surface area contributed by atoms with E-state index in [1.807, 2.05) is 29.1 Å². The highest BCUT2D eigenvalue weighted by molar-refractivity contribution is 5.13. The van der Waals surface area contributed by atoms with E-state index < -0.39 is 0 Å². The van der Waals surface area contributed by atoms with Crippen molar-refractivity contribution in [3.05, 3.63) is 47.8 Å². The predicted octanol–water partition coefficient (Wildman–Crippen LogP) is 1.99. The van der Waals surface area contributed by atoms with E-state index in [4.69, 9.17) is 4.74 Å². The summed E-state index contributed by atoms with van der Waals surface area (Å²) in [5, 5.41) is 11.5. The van der Waals surface area contributed by atoms with Gasteiger partial charge in [-0.15, -0.1) is 5.10 Å². The van der Waals surface area contributed by atoms with Gasteiger partial charge < -0.3 is 10.1 Å². The summed E-state index contributed by atoms with van der Waals surface area (Å²) < 4.78 is 7.45. The van der Waals surface area contributed by atoms with E-state index in [0.29, 0.717) is 19.3 Å². The first-order chi connectivity index (χ1) is 9.74. The molecule has 0 bridgehead atoms. The molecule has 5 heteroatoms. The number of rotatable bonds is 8. The van der Waals surface area contributed by atoms with Gasteiger partial charge in [0, 0.05) is 18.8 Å². The largest absolute Gasteiger partial charge is 0.375 e. The summed E-state index contributed by atoms with van der Waals surface area (Å²) in [7, 11) is 0. The minimum absolute atomic E-state index is 0.453. The molecule has 20 heavy (non-hydrogen) atoms. The number of ether oxygens (including phenoxy) is 1. The van der Waals surface area contributed by atoms with Crippen LogP contribution in [0.25, 0.3) is 0 Å². The van der Waals surface area contributed by atoms with E-state index in [9.17, 15) is 0 Å². The highest BCUT2D eigenvalue weighted by atomic mass is 16.5. The van der Waals surface area contributed by atoms with Crippen LogP contribution in [0.5, 0.6) is 0 Å². The fraction of sp³-hybridized carbons (Fsp3) is 0.467. The quantitative estimate of drug-likeness (QED) is 0.748. The van der Waals surface area contributed by atoms with Crippen LogP contribution in [-0.4, -0.2) is 27.6 Å². The van der Waals surface area contributed by atoms with E-state index in [-0.39, 0.29) is 0 Å². The molecule has 1 aromatic carbocycles. The second-order valence-electron chi connectivity index (χ2n) is 5.05. The Morgan fingerprint density at radius 3 is 2.80 bits per heavy atom. The van der Waals surface area contributed by atoms with E-state index in [2.05, 4.69) is 41.6 Å². The maximum absolute atomic E-state index is 5.63. The molecule has 0 saturated carbocycles. The van der Waals surface area contributed by atoms with Gasteiger partial charge in [0.2, 0.25) is 0 Å². The molecule has 0 atom stereocenters. The van der Waals surface area contributed by atoms with Crippen molar-refractivity contribution in [2.45, 2.75) is 39.6 Å². The zero-order valence-electron chi connectivity index (χ0n) is 12.1. The number of hydrogen-bond donors (Lipinski definition) is 1. The third kappa shape index (κ3) is 5.11. The van der Waals surface area contributed by atoms with Crippen molar-refractivity contribution in [3.63, 3.8) is 0 Å². The first-order valence-electron chi connectivity index (χ1n) is 6.98. The average molecular weight is 274 g/mol. The number of benzene rings is 1. The van der Waals surface area contributed by atoms with Crippen molar-refractivity contribution in [2.75, 3.05) is 6.61 Å². The Balaban J connectivity index is 1.67. The van der Waals surface area contributed by atoms with Crippen LogP contribution in [-0.2, 0) is 24.4 Å². The molecule has 1 heterocycles. The van der Waals surface area contributed by atoms with Crippen molar-refractivity contribution < 1.29 is 4.74 Å². The number of nitrogens with zero attached hydrogens (tertiary/aromatic N) is 3. The van der Waals surface area contributed by atoms with Gasteiger partial charge in [-0.2, -0.15) is 0 Å². The molecular formula is C15H22N4O. The molecule has 0 amide bonds.